The average Bonchev–Trinajstić information content (AvgIpc) is 2.68. The monoisotopic (exact) mass is 360 g/mol. The van der Waals surface area contributed by atoms with E-state index in [-0.39, 0.29) is 21.3 Å². The normalized spacial score (nSPS) is 16.2. The molecule has 0 unspecified atom stereocenters. The number of fused-ring (bicyclic) bond motifs is 2. The van der Waals surface area contributed by atoms with Gasteiger partial charge in [0.15, 0.2) is 0 Å². The first kappa shape index (κ1) is 12.7. The van der Waals surface area contributed by atoms with E-state index in [1.165, 1.54) is 24.4 Å². The molecule has 2 heterocycles. The number of hydrogen-bond acceptors (Lipinski definition) is 3. The molecule has 1 aliphatic rings. The molecular formula is C11H6BrClN2O3S. The maximum absolute atomic E-state index is 12.5. The molecule has 0 saturated heterocycles. The van der Waals surface area contributed by atoms with Gasteiger partial charge >= 0.3 is 0 Å². The van der Waals surface area contributed by atoms with Crippen LogP contribution >= 0.6 is 27.5 Å². The molecule has 1 aromatic carbocycles. The van der Waals surface area contributed by atoms with Crippen LogP contribution in [0.25, 0.3) is 0 Å². The number of amides is 1. The van der Waals surface area contributed by atoms with E-state index in [1.54, 1.807) is 6.07 Å². The van der Waals surface area contributed by atoms with Crippen LogP contribution < -0.4 is 5.32 Å². The molecule has 1 amide bonds. The highest BCUT2D eigenvalue weighted by atomic mass is 79.9. The molecule has 0 fully saturated rings. The Morgan fingerprint density at radius 2 is 2.00 bits per heavy atom. The fourth-order valence-corrected chi connectivity index (χ4v) is 4.04. The molecule has 1 aromatic heterocycles. The summed E-state index contributed by atoms with van der Waals surface area (Å²) in [5, 5.41) is 2.64. The Morgan fingerprint density at radius 3 is 2.74 bits per heavy atom. The number of nitrogens with zero attached hydrogens (tertiary/aromatic N) is 1. The first-order valence-electron chi connectivity index (χ1n) is 5.14. The number of rotatable bonds is 0. The number of aromatic nitrogens is 1. The summed E-state index contributed by atoms with van der Waals surface area (Å²) in [6.07, 6.45) is 1.27. The van der Waals surface area contributed by atoms with Crippen molar-refractivity contribution in [2.45, 2.75) is 4.90 Å². The third-order valence-corrected chi connectivity index (χ3v) is 5.28. The Bertz CT molecular complexity index is 813. The van der Waals surface area contributed by atoms with E-state index in [0.717, 1.165) is 3.97 Å². The van der Waals surface area contributed by atoms with Crippen LogP contribution in [-0.2, 0) is 10.0 Å². The fourth-order valence-electron chi connectivity index (χ4n) is 1.91. The van der Waals surface area contributed by atoms with Crippen molar-refractivity contribution in [3.8, 4) is 0 Å². The highest BCUT2D eigenvalue weighted by molar-refractivity contribution is 9.10. The number of carbonyl (C=O) groups is 1. The fraction of sp³-hybridized carbons (Fsp3) is 0. The van der Waals surface area contributed by atoms with Crippen LogP contribution in [0, 0.1) is 0 Å². The molecule has 19 heavy (non-hydrogen) atoms. The lowest BCUT2D eigenvalue weighted by Gasteiger charge is -2.07. The smallest absolute Gasteiger partial charge is 0.274 e. The van der Waals surface area contributed by atoms with Crippen LogP contribution in [0.2, 0.25) is 5.02 Å². The van der Waals surface area contributed by atoms with Crippen LogP contribution in [0.3, 0.4) is 0 Å². The second kappa shape index (κ2) is 4.09. The molecule has 5 nitrogen and oxygen atoms in total. The van der Waals surface area contributed by atoms with Crippen LogP contribution in [0.1, 0.15) is 10.5 Å². The molecule has 1 aliphatic heterocycles. The lowest BCUT2D eigenvalue weighted by atomic mass is 10.3. The third-order valence-electron chi connectivity index (χ3n) is 2.74. The minimum atomic E-state index is -3.84. The Labute approximate surface area is 122 Å². The number of nitrogens with one attached hydrogen (secondary N) is 1. The molecule has 3 rings (SSSR count). The lowest BCUT2D eigenvalue weighted by molar-refractivity contribution is 0.102. The third kappa shape index (κ3) is 1.80. The van der Waals surface area contributed by atoms with Crippen molar-refractivity contribution in [3.05, 3.63) is 45.7 Å². The van der Waals surface area contributed by atoms with E-state index in [0.29, 0.717) is 4.47 Å². The Hall–Kier alpha value is -1.31. The number of carbonyl (C=O) groups excluding carboxylic acids is 1. The summed E-state index contributed by atoms with van der Waals surface area (Å²) in [7, 11) is -3.84. The number of anilines is 1. The first-order valence-corrected chi connectivity index (χ1v) is 7.75. The van der Waals surface area contributed by atoms with Gasteiger partial charge in [0.1, 0.15) is 10.6 Å². The number of halogens is 2. The predicted octanol–water partition coefficient (Wildman–Crippen LogP) is 2.71. The quantitative estimate of drug-likeness (QED) is 0.784. The molecule has 0 atom stereocenters. The molecule has 98 valence electrons. The Balaban J connectivity index is 2.40. The summed E-state index contributed by atoms with van der Waals surface area (Å²) < 4.78 is 26.5. The lowest BCUT2D eigenvalue weighted by Crippen LogP contribution is -2.16. The zero-order chi connectivity index (χ0) is 13.8. The van der Waals surface area contributed by atoms with E-state index < -0.39 is 15.9 Å². The van der Waals surface area contributed by atoms with Gasteiger partial charge in [0.2, 0.25) is 0 Å². The molecule has 0 radical (unpaired) electrons. The second-order valence-electron chi connectivity index (χ2n) is 3.91. The van der Waals surface area contributed by atoms with E-state index >= 15 is 0 Å². The van der Waals surface area contributed by atoms with Gasteiger partial charge in [-0.3, -0.25) is 4.79 Å². The summed E-state index contributed by atoms with van der Waals surface area (Å²) in [4.78, 5) is 12.1. The summed E-state index contributed by atoms with van der Waals surface area (Å²) in [6.45, 7) is 0. The van der Waals surface area contributed by atoms with Gasteiger partial charge in [-0.25, -0.2) is 12.4 Å². The minimum Gasteiger partial charge on any atom is -0.319 e. The van der Waals surface area contributed by atoms with Gasteiger partial charge in [-0.15, -0.1) is 0 Å². The maximum Gasteiger partial charge on any atom is 0.274 e. The molecule has 0 saturated carbocycles. The van der Waals surface area contributed by atoms with Crippen molar-refractivity contribution < 1.29 is 13.2 Å². The van der Waals surface area contributed by atoms with Crippen molar-refractivity contribution in [3.63, 3.8) is 0 Å². The zero-order valence-electron chi connectivity index (χ0n) is 9.22. The standard InChI is InChI=1S/C11H6BrClN2O3S/c12-6-1-2-9-8(5-6)14-11(16)10-7(13)3-4-15(10)19(9,17)18/h1-5H,(H,14,16). The number of benzene rings is 1. The van der Waals surface area contributed by atoms with Crippen molar-refractivity contribution in [1.29, 1.82) is 0 Å². The molecule has 2 aromatic rings. The summed E-state index contributed by atoms with van der Waals surface area (Å²) in [5.74, 6) is -0.560. The predicted molar refractivity (Wildman–Crippen MR) is 74.1 cm³/mol. The first-order chi connectivity index (χ1) is 8.91. The topological polar surface area (TPSA) is 68.2 Å². The van der Waals surface area contributed by atoms with Crippen molar-refractivity contribution >= 4 is 49.1 Å². The van der Waals surface area contributed by atoms with Crippen LogP contribution in [0.4, 0.5) is 5.69 Å². The van der Waals surface area contributed by atoms with Gasteiger partial charge in [-0.1, -0.05) is 27.5 Å². The van der Waals surface area contributed by atoms with Gasteiger partial charge in [0, 0.05) is 10.7 Å². The highest BCUT2D eigenvalue weighted by Gasteiger charge is 2.31. The van der Waals surface area contributed by atoms with Gasteiger partial charge in [-0.05, 0) is 24.3 Å². The highest BCUT2D eigenvalue weighted by Crippen LogP contribution is 2.33. The second-order valence-corrected chi connectivity index (χ2v) is 7.01. The summed E-state index contributed by atoms with van der Waals surface area (Å²) >= 11 is 9.11. The minimum absolute atomic E-state index is 0.0232. The van der Waals surface area contributed by atoms with Crippen LogP contribution in [-0.4, -0.2) is 18.3 Å². The van der Waals surface area contributed by atoms with Crippen LogP contribution in [0.15, 0.2) is 39.8 Å². The summed E-state index contributed by atoms with van der Waals surface area (Å²) in [6, 6.07) is 5.93. The van der Waals surface area contributed by atoms with Gasteiger partial charge in [0.25, 0.3) is 15.9 Å². The molecule has 8 heteroatoms. The summed E-state index contributed by atoms with van der Waals surface area (Å²) in [5.41, 5.74) is 0.133. The van der Waals surface area contributed by atoms with Gasteiger partial charge in [0.05, 0.1) is 10.7 Å². The van der Waals surface area contributed by atoms with E-state index in [2.05, 4.69) is 21.2 Å². The molecule has 0 aliphatic carbocycles. The largest absolute Gasteiger partial charge is 0.319 e. The molecule has 0 spiro atoms. The maximum atomic E-state index is 12.5. The van der Waals surface area contributed by atoms with Crippen molar-refractivity contribution in [2.24, 2.45) is 0 Å². The van der Waals surface area contributed by atoms with Crippen molar-refractivity contribution in [1.82, 2.24) is 3.97 Å². The van der Waals surface area contributed by atoms with Crippen LogP contribution in [0.5, 0.6) is 0 Å². The Kier molecular flexibility index (Phi) is 2.74. The van der Waals surface area contributed by atoms with E-state index in [1.807, 2.05) is 0 Å². The molecule has 0 bridgehead atoms. The molecular weight excluding hydrogens is 356 g/mol. The van der Waals surface area contributed by atoms with Gasteiger partial charge < -0.3 is 5.32 Å². The van der Waals surface area contributed by atoms with E-state index in [4.69, 9.17) is 11.6 Å². The number of hydrogen-bond donors (Lipinski definition) is 1. The molecule has 1 N–H and O–H groups in total. The van der Waals surface area contributed by atoms with E-state index in [9.17, 15) is 13.2 Å². The zero-order valence-corrected chi connectivity index (χ0v) is 12.4. The average molecular weight is 362 g/mol. The van der Waals surface area contributed by atoms with Crippen molar-refractivity contribution in [2.75, 3.05) is 5.32 Å². The van der Waals surface area contributed by atoms with Gasteiger partial charge in [-0.2, -0.15) is 0 Å². The Morgan fingerprint density at radius 1 is 1.26 bits per heavy atom. The SMILES string of the molecule is O=C1Nc2cc(Br)ccc2S(=O)(=O)n2ccc(Cl)c21.